The molecule has 0 spiro atoms. The van der Waals surface area contributed by atoms with Crippen LogP contribution in [-0.2, 0) is 32.5 Å². The third kappa shape index (κ3) is 6.00. The molecule has 0 saturated carbocycles. The number of benzene rings is 2. The van der Waals surface area contributed by atoms with Crippen molar-refractivity contribution in [1.82, 2.24) is 0 Å². The molecule has 0 atom stereocenters. The van der Waals surface area contributed by atoms with E-state index in [1.54, 1.807) is 11.3 Å². The molecule has 0 unspecified atom stereocenters. The summed E-state index contributed by atoms with van der Waals surface area (Å²) in [5.41, 5.74) is 6.41. The summed E-state index contributed by atoms with van der Waals surface area (Å²) in [6.07, 6.45) is 0. The molecule has 0 radical (unpaired) electrons. The van der Waals surface area contributed by atoms with Crippen LogP contribution < -0.4 is 8.58 Å². The minimum absolute atomic E-state index is 0. The monoisotopic (exact) mass is 538 g/mol. The van der Waals surface area contributed by atoms with Gasteiger partial charge in [0.2, 0.25) is 0 Å². The molecule has 3 aromatic rings. The summed E-state index contributed by atoms with van der Waals surface area (Å²) in [5, 5.41) is 2.09. The summed E-state index contributed by atoms with van der Waals surface area (Å²) >= 11 is 13.8. The number of hydrogen-bond donors (Lipinski definition) is 0. The van der Waals surface area contributed by atoms with E-state index in [9.17, 15) is 0 Å². The van der Waals surface area contributed by atoms with Crippen LogP contribution in [0.15, 0.2) is 41.8 Å². The van der Waals surface area contributed by atoms with Crippen molar-refractivity contribution < 1.29 is 30.3 Å². The van der Waals surface area contributed by atoms with Crippen molar-refractivity contribution in [2.45, 2.75) is 72.1 Å². The molecule has 1 aromatic heterocycles. The van der Waals surface area contributed by atoms with Crippen molar-refractivity contribution in [2.24, 2.45) is 0 Å². The molecule has 0 fully saturated rings. The van der Waals surface area contributed by atoms with E-state index in [1.165, 1.54) is 16.0 Å². The molecule has 0 saturated heterocycles. The maximum Gasteiger partial charge on any atom is 0.153 e. The summed E-state index contributed by atoms with van der Waals surface area (Å²) < 4.78 is 10.9. The van der Waals surface area contributed by atoms with Crippen molar-refractivity contribution in [3.05, 3.63) is 80.0 Å². The summed E-state index contributed by atoms with van der Waals surface area (Å²) in [4.78, 5) is 1.17. The van der Waals surface area contributed by atoms with Gasteiger partial charge < -0.3 is 8.58 Å². The fourth-order valence-corrected chi connectivity index (χ4v) is 5.32. The predicted octanol–water partition coefficient (Wildman–Crippen LogP) is 9.20. The topological polar surface area (TPSA) is 18.5 Å². The van der Waals surface area contributed by atoms with E-state index in [1.807, 2.05) is 13.8 Å². The number of rotatable bonds is 5. The van der Waals surface area contributed by atoms with Crippen LogP contribution in [0.2, 0.25) is 0 Å². The van der Waals surface area contributed by atoms with Crippen LogP contribution in [0.3, 0.4) is 0 Å². The van der Waals surface area contributed by atoms with Gasteiger partial charge in [0, 0.05) is 37.7 Å². The molecule has 0 aliphatic heterocycles. The molecule has 176 valence electrons. The first-order valence-corrected chi connectivity index (χ1v) is 12.3. The SMILES string of the molecule is Cc1cc(C(C)(C)C)cc(C(c2cccs2)c2cc(C(C)(C)C)cc(C)c2OCl)c1OCl.[Ti]. The summed E-state index contributed by atoms with van der Waals surface area (Å²) in [6.45, 7) is 17.4. The second-order valence-electron chi connectivity index (χ2n) is 10.5. The first-order valence-electron chi connectivity index (χ1n) is 10.8. The van der Waals surface area contributed by atoms with Crippen molar-refractivity contribution in [3.8, 4) is 11.5 Å². The zero-order valence-electron chi connectivity index (χ0n) is 20.6. The molecular weight excluding hydrogens is 507 g/mol. The van der Waals surface area contributed by atoms with Crippen LogP contribution in [0.4, 0.5) is 0 Å². The molecule has 2 nitrogen and oxygen atoms in total. The molecule has 0 N–H and O–H groups in total. The zero-order valence-corrected chi connectivity index (χ0v) is 24.5. The maximum atomic E-state index is 6.05. The van der Waals surface area contributed by atoms with Crippen molar-refractivity contribution in [3.63, 3.8) is 0 Å². The number of halogens is 2. The van der Waals surface area contributed by atoms with Gasteiger partial charge in [0.15, 0.2) is 11.5 Å². The first-order chi connectivity index (χ1) is 14.9. The molecule has 2 aromatic carbocycles. The van der Waals surface area contributed by atoms with Crippen molar-refractivity contribution in [2.75, 3.05) is 0 Å². The third-order valence-electron chi connectivity index (χ3n) is 5.94. The normalized spacial score (nSPS) is 12.0. The van der Waals surface area contributed by atoms with Crippen LogP contribution in [0.25, 0.3) is 0 Å². The Morgan fingerprint density at radius 2 is 1.18 bits per heavy atom. The van der Waals surface area contributed by atoms with Gasteiger partial charge in [0.05, 0.1) is 5.92 Å². The molecule has 33 heavy (non-hydrogen) atoms. The maximum absolute atomic E-state index is 6.05. The molecular formula is C27H32Cl2O2STi. The smallest absolute Gasteiger partial charge is 0.153 e. The fraction of sp³-hybridized carbons (Fsp3) is 0.407. The zero-order chi connectivity index (χ0) is 23.8. The van der Waals surface area contributed by atoms with Gasteiger partial charge in [0.1, 0.15) is 23.7 Å². The Labute approximate surface area is 227 Å². The standard InChI is InChI=1S/C27H32Cl2O2S.Ti/c1-16-12-18(26(3,4)5)14-20(24(16)30-28)23(22-10-9-11-32-22)21-15-19(27(6,7)8)13-17(2)25(21)31-29;/h9-15,23H,1-8H3;. The van der Waals surface area contributed by atoms with Crippen LogP contribution >= 0.6 is 35.1 Å². The van der Waals surface area contributed by atoms with Gasteiger partial charge in [-0.1, -0.05) is 71.9 Å². The summed E-state index contributed by atoms with van der Waals surface area (Å²) in [7, 11) is 0. The quantitative estimate of drug-likeness (QED) is 0.301. The van der Waals surface area contributed by atoms with Crippen LogP contribution in [0, 0.1) is 13.8 Å². The van der Waals surface area contributed by atoms with Crippen molar-refractivity contribution >= 4 is 35.1 Å². The van der Waals surface area contributed by atoms with E-state index in [-0.39, 0.29) is 38.5 Å². The van der Waals surface area contributed by atoms with Crippen molar-refractivity contribution in [1.29, 1.82) is 0 Å². The largest absolute Gasteiger partial charge is 0.385 e. The number of aryl methyl sites for hydroxylation is 2. The van der Waals surface area contributed by atoms with E-state index in [4.69, 9.17) is 32.3 Å². The number of hydrogen-bond acceptors (Lipinski definition) is 3. The number of thiophene rings is 1. The Bertz CT molecular complexity index is 1030. The van der Waals surface area contributed by atoms with E-state index < -0.39 is 0 Å². The van der Waals surface area contributed by atoms with Crippen LogP contribution in [0.1, 0.15) is 85.7 Å². The Kier molecular flexibility index (Phi) is 9.21. The van der Waals surface area contributed by atoms with Gasteiger partial charge in [0.25, 0.3) is 0 Å². The minimum Gasteiger partial charge on any atom is -0.385 e. The second kappa shape index (κ2) is 10.7. The average Bonchev–Trinajstić information content (AvgIpc) is 3.20. The van der Waals surface area contributed by atoms with Gasteiger partial charge in [-0.2, -0.15) is 0 Å². The first kappa shape index (κ1) is 28.3. The molecule has 3 rings (SSSR count). The van der Waals surface area contributed by atoms with Gasteiger partial charge >= 0.3 is 0 Å². The Morgan fingerprint density at radius 3 is 1.48 bits per heavy atom. The summed E-state index contributed by atoms with van der Waals surface area (Å²) in [6, 6.07) is 12.9. The molecule has 0 amide bonds. The predicted molar refractivity (Wildman–Crippen MR) is 138 cm³/mol. The second-order valence-corrected chi connectivity index (χ2v) is 11.8. The van der Waals surface area contributed by atoms with Crippen LogP contribution in [0.5, 0.6) is 11.5 Å². The molecule has 6 heteroatoms. The Morgan fingerprint density at radius 1 is 0.758 bits per heavy atom. The van der Waals surface area contributed by atoms with E-state index in [0.29, 0.717) is 11.5 Å². The summed E-state index contributed by atoms with van der Waals surface area (Å²) in [5.74, 6) is 1.22. The average molecular weight is 539 g/mol. The molecule has 0 aliphatic rings. The van der Waals surface area contributed by atoms with Gasteiger partial charge in [-0.3, -0.25) is 0 Å². The third-order valence-corrected chi connectivity index (χ3v) is 7.19. The van der Waals surface area contributed by atoms with Gasteiger partial charge in [-0.15, -0.1) is 11.3 Å². The van der Waals surface area contributed by atoms with Gasteiger partial charge in [-0.05, 0) is 58.4 Å². The fourth-order valence-electron chi connectivity index (χ4n) is 4.04. The molecule has 0 aliphatic carbocycles. The minimum atomic E-state index is -0.139. The van der Waals surface area contributed by atoms with E-state index in [2.05, 4.69) is 83.3 Å². The van der Waals surface area contributed by atoms with Crippen LogP contribution in [-0.4, -0.2) is 0 Å². The van der Waals surface area contributed by atoms with E-state index in [0.717, 1.165) is 22.3 Å². The molecule has 1 heterocycles. The Hall–Kier alpha value is -0.966. The van der Waals surface area contributed by atoms with E-state index >= 15 is 0 Å². The Balaban J connectivity index is 0.00000385. The van der Waals surface area contributed by atoms with Gasteiger partial charge in [-0.25, -0.2) is 0 Å². The molecule has 0 bridgehead atoms.